The summed E-state index contributed by atoms with van der Waals surface area (Å²) in [5.41, 5.74) is 8.06. The minimum Gasteiger partial charge on any atom is -0.389 e. The topological polar surface area (TPSA) is 29.3 Å². The maximum absolute atomic E-state index is 13.2. The fourth-order valence-electron chi connectivity index (χ4n) is 2.20. The van der Waals surface area contributed by atoms with E-state index in [1.807, 2.05) is 36.2 Å². The summed E-state index contributed by atoms with van der Waals surface area (Å²) < 4.78 is 26.3. The van der Waals surface area contributed by atoms with Gasteiger partial charge in [0.1, 0.15) is 16.6 Å². The van der Waals surface area contributed by atoms with E-state index < -0.39 is 11.6 Å². The molecule has 2 aromatic carbocycles. The summed E-state index contributed by atoms with van der Waals surface area (Å²) in [5.74, 6) is -1.12. The summed E-state index contributed by atoms with van der Waals surface area (Å²) in [6.45, 7) is 1.08. The van der Waals surface area contributed by atoms with Crippen molar-refractivity contribution in [1.29, 1.82) is 0 Å². The summed E-state index contributed by atoms with van der Waals surface area (Å²) >= 11 is 4.95. The third-order valence-electron chi connectivity index (χ3n) is 3.04. The van der Waals surface area contributed by atoms with Crippen LogP contribution in [0.25, 0.3) is 0 Å². The number of benzene rings is 2. The van der Waals surface area contributed by atoms with Crippen LogP contribution >= 0.6 is 12.2 Å². The molecule has 0 heterocycles. The lowest BCUT2D eigenvalue weighted by Crippen LogP contribution is -2.18. The second-order valence-corrected chi connectivity index (χ2v) is 5.45. The molecule has 0 amide bonds. The Morgan fingerprint density at radius 2 is 1.67 bits per heavy atom. The molecule has 0 unspecified atom stereocenters. The fraction of sp³-hybridized carbons (Fsp3) is 0.188. The molecule has 0 radical (unpaired) electrons. The fourth-order valence-corrected chi connectivity index (χ4v) is 2.33. The first kappa shape index (κ1) is 15.5. The molecule has 2 aromatic rings. The van der Waals surface area contributed by atoms with Crippen molar-refractivity contribution in [2.45, 2.75) is 13.1 Å². The van der Waals surface area contributed by atoms with Gasteiger partial charge in [0, 0.05) is 24.7 Å². The van der Waals surface area contributed by atoms with Crippen molar-refractivity contribution in [3.8, 4) is 0 Å². The second kappa shape index (κ2) is 6.74. The first-order valence-electron chi connectivity index (χ1n) is 6.46. The molecule has 2 rings (SSSR count). The summed E-state index contributed by atoms with van der Waals surface area (Å²) in [4.78, 5) is 2.32. The highest BCUT2D eigenvalue weighted by Gasteiger charge is 2.06. The van der Waals surface area contributed by atoms with Crippen LogP contribution in [0, 0.1) is 11.6 Å². The van der Waals surface area contributed by atoms with Gasteiger partial charge in [-0.1, -0.05) is 30.4 Å². The molecule has 0 aliphatic heterocycles. The van der Waals surface area contributed by atoms with Gasteiger partial charge in [-0.2, -0.15) is 0 Å². The Morgan fingerprint density at radius 1 is 1.05 bits per heavy atom. The Hall–Kier alpha value is -1.85. The molecule has 110 valence electrons. The Morgan fingerprint density at radius 3 is 2.29 bits per heavy atom. The highest BCUT2D eigenvalue weighted by molar-refractivity contribution is 7.80. The van der Waals surface area contributed by atoms with E-state index in [0.29, 0.717) is 23.6 Å². The highest BCUT2D eigenvalue weighted by Crippen LogP contribution is 2.13. The number of halogens is 2. The van der Waals surface area contributed by atoms with Crippen LogP contribution in [0.1, 0.15) is 16.7 Å². The van der Waals surface area contributed by atoms with Crippen molar-refractivity contribution in [2.24, 2.45) is 5.73 Å². The second-order valence-electron chi connectivity index (χ2n) is 5.01. The molecule has 0 spiro atoms. The average molecular weight is 306 g/mol. The molecule has 2 nitrogen and oxygen atoms in total. The standard InChI is InChI=1S/C16H16F2N2S/c1-20(10-12-6-14(17)8-15(18)7-12)9-11-3-2-4-13(5-11)16(19)21/h2-8H,9-10H2,1H3,(H2,19,21). The van der Waals surface area contributed by atoms with Crippen LogP contribution < -0.4 is 5.73 Å². The van der Waals surface area contributed by atoms with Gasteiger partial charge in [0.2, 0.25) is 0 Å². The van der Waals surface area contributed by atoms with Gasteiger partial charge in [-0.05, 0) is 36.4 Å². The highest BCUT2D eigenvalue weighted by atomic mass is 32.1. The molecule has 0 saturated carbocycles. The van der Waals surface area contributed by atoms with Crippen LogP contribution in [-0.2, 0) is 13.1 Å². The largest absolute Gasteiger partial charge is 0.389 e. The normalized spacial score (nSPS) is 10.9. The van der Waals surface area contributed by atoms with Crippen molar-refractivity contribution in [1.82, 2.24) is 4.90 Å². The number of nitrogens with zero attached hydrogens (tertiary/aromatic N) is 1. The summed E-state index contributed by atoms with van der Waals surface area (Å²) in [6.07, 6.45) is 0. The van der Waals surface area contributed by atoms with E-state index in [-0.39, 0.29) is 0 Å². The molecule has 0 fully saturated rings. The maximum atomic E-state index is 13.2. The van der Waals surface area contributed by atoms with Crippen molar-refractivity contribution < 1.29 is 8.78 Å². The van der Waals surface area contributed by atoms with E-state index >= 15 is 0 Å². The zero-order chi connectivity index (χ0) is 15.4. The molecule has 21 heavy (non-hydrogen) atoms. The first-order chi connectivity index (χ1) is 9.94. The van der Waals surface area contributed by atoms with Gasteiger partial charge < -0.3 is 5.73 Å². The van der Waals surface area contributed by atoms with Gasteiger partial charge in [0.25, 0.3) is 0 Å². The molecular weight excluding hydrogens is 290 g/mol. The molecule has 0 aliphatic rings. The van der Waals surface area contributed by atoms with Gasteiger partial charge in [0.05, 0.1) is 0 Å². The van der Waals surface area contributed by atoms with Gasteiger partial charge >= 0.3 is 0 Å². The molecule has 5 heteroatoms. The molecule has 2 N–H and O–H groups in total. The predicted molar refractivity (Wildman–Crippen MR) is 83.9 cm³/mol. The van der Waals surface area contributed by atoms with Crippen molar-refractivity contribution >= 4 is 17.2 Å². The maximum Gasteiger partial charge on any atom is 0.126 e. The van der Waals surface area contributed by atoms with Crippen LogP contribution in [0.15, 0.2) is 42.5 Å². The Labute approximate surface area is 128 Å². The average Bonchev–Trinajstić information content (AvgIpc) is 2.37. The lowest BCUT2D eigenvalue weighted by Gasteiger charge is -2.17. The van der Waals surface area contributed by atoms with E-state index in [2.05, 4.69) is 0 Å². The zero-order valence-corrected chi connectivity index (χ0v) is 12.5. The number of thiocarbonyl (C=S) groups is 1. The Balaban J connectivity index is 2.06. The SMILES string of the molecule is CN(Cc1cc(F)cc(F)c1)Cc1cccc(C(N)=S)c1. The van der Waals surface area contributed by atoms with E-state index in [0.717, 1.165) is 17.2 Å². The zero-order valence-electron chi connectivity index (χ0n) is 11.6. The van der Waals surface area contributed by atoms with Crippen LogP contribution in [0.2, 0.25) is 0 Å². The summed E-state index contributed by atoms with van der Waals surface area (Å²) in [6, 6.07) is 11.2. The first-order valence-corrected chi connectivity index (χ1v) is 6.87. The molecule has 0 atom stereocenters. The number of hydrogen-bond donors (Lipinski definition) is 1. The third-order valence-corrected chi connectivity index (χ3v) is 3.27. The minimum absolute atomic E-state index is 0.353. The van der Waals surface area contributed by atoms with Gasteiger partial charge in [-0.25, -0.2) is 8.78 Å². The lowest BCUT2D eigenvalue weighted by atomic mass is 10.1. The molecular formula is C16H16F2N2S. The van der Waals surface area contributed by atoms with Crippen LogP contribution in [-0.4, -0.2) is 16.9 Å². The van der Waals surface area contributed by atoms with E-state index in [1.165, 1.54) is 12.1 Å². The lowest BCUT2D eigenvalue weighted by molar-refractivity contribution is 0.318. The van der Waals surface area contributed by atoms with E-state index in [9.17, 15) is 8.78 Å². The molecule has 0 aliphatic carbocycles. The van der Waals surface area contributed by atoms with E-state index in [4.69, 9.17) is 18.0 Å². The summed E-state index contributed by atoms with van der Waals surface area (Å²) in [7, 11) is 1.89. The number of hydrogen-bond acceptors (Lipinski definition) is 2. The van der Waals surface area contributed by atoms with Gasteiger partial charge in [-0.15, -0.1) is 0 Å². The summed E-state index contributed by atoms with van der Waals surface area (Å²) in [5, 5.41) is 0. The smallest absolute Gasteiger partial charge is 0.126 e. The van der Waals surface area contributed by atoms with Crippen molar-refractivity contribution in [2.75, 3.05) is 7.05 Å². The Bertz CT molecular complexity index is 638. The van der Waals surface area contributed by atoms with Crippen LogP contribution in [0.4, 0.5) is 8.78 Å². The van der Waals surface area contributed by atoms with Crippen molar-refractivity contribution in [3.63, 3.8) is 0 Å². The van der Waals surface area contributed by atoms with Crippen LogP contribution in [0.3, 0.4) is 0 Å². The predicted octanol–water partition coefficient (Wildman–Crippen LogP) is 3.23. The molecule has 0 bridgehead atoms. The number of nitrogens with two attached hydrogens (primary N) is 1. The third kappa shape index (κ3) is 4.58. The van der Waals surface area contributed by atoms with Gasteiger partial charge in [0.15, 0.2) is 0 Å². The van der Waals surface area contributed by atoms with Crippen LogP contribution in [0.5, 0.6) is 0 Å². The quantitative estimate of drug-likeness (QED) is 0.860. The Kier molecular flexibility index (Phi) is 4.98. The minimum atomic E-state index is -0.561. The monoisotopic (exact) mass is 306 g/mol. The molecule has 0 saturated heterocycles. The van der Waals surface area contributed by atoms with Gasteiger partial charge in [-0.3, -0.25) is 4.90 Å². The molecule has 0 aromatic heterocycles. The van der Waals surface area contributed by atoms with E-state index in [1.54, 1.807) is 0 Å². The number of rotatable bonds is 5. The van der Waals surface area contributed by atoms with Crippen molar-refractivity contribution in [3.05, 3.63) is 70.8 Å².